The minimum atomic E-state index is -3.50. The lowest BCUT2D eigenvalue weighted by Gasteiger charge is -2.24. The number of rotatable bonds is 5. The van der Waals surface area contributed by atoms with Crippen molar-refractivity contribution in [3.05, 3.63) is 23.2 Å². The number of likely N-dealkylation sites (N-methyl/N-ethyl adjacent to an activating group) is 1. The van der Waals surface area contributed by atoms with Crippen LogP contribution in [0.15, 0.2) is 17.0 Å². The molecular formula is C15H26N3O2S2+. The quantitative estimate of drug-likeness (QED) is 0.507. The van der Waals surface area contributed by atoms with E-state index in [0.717, 1.165) is 21.8 Å². The van der Waals surface area contributed by atoms with Gasteiger partial charge in [0.15, 0.2) is 0 Å². The molecule has 1 N–H and O–H groups in total. The lowest BCUT2D eigenvalue weighted by atomic mass is 10.3. The first-order valence-electron chi connectivity index (χ1n) is 6.71. The smallest absolute Gasteiger partial charge is 0.221 e. The molecule has 0 fully saturated rings. The van der Waals surface area contributed by atoms with Crippen molar-refractivity contribution in [2.75, 3.05) is 34.2 Å². The van der Waals surface area contributed by atoms with Gasteiger partial charge >= 0.3 is 0 Å². The van der Waals surface area contributed by atoms with Crippen molar-refractivity contribution in [1.29, 1.82) is 0 Å². The van der Waals surface area contributed by atoms with Crippen molar-refractivity contribution in [2.24, 2.45) is 7.05 Å². The predicted molar refractivity (Wildman–Crippen MR) is 91.4 cm³/mol. The van der Waals surface area contributed by atoms with E-state index >= 15 is 0 Å². The van der Waals surface area contributed by atoms with Gasteiger partial charge in [-0.25, -0.2) is 17.7 Å². The molecule has 0 atom stereocenters. The van der Waals surface area contributed by atoms with Gasteiger partial charge in [-0.3, -0.25) is 0 Å². The summed E-state index contributed by atoms with van der Waals surface area (Å²) in [5.41, 5.74) is 1.00. The maximum atomic E-state index is 12.3. The van der Waals surface area contributed by atoms with E-state index in [-0.39, 0.29) is 12.3 Å². The molecular weight excluding hydrogens is 318 g/mol. The maximum absolute atomic E-state index is 12.3. The Morgan fingerprint density at radius 3 is 2.59 bits per heavy atom. The molecule has 1 aromatic carbocycles. The number of aromatic nitrogens is 1. The van der Waals surface area contributed by atoms with Gasteiger partial charge < -0.3 is 4.48 Å². The third kappa shape index (κ3) is 4.25. The molecule has 2 aromatic rings. The van der Waals surface area contributed by atoms with Crippen LogP contribution >= 0.6 is 11.3 Å². The molecule has 0 spiro atoms. The van der Waals surface area contributed by atoms with E-state index in [1.807, 2.05) is 39.7 Å². The highest BCUT2D eigenvalue weighted by Gasteiger charge is 2.14. The molecule has 0 saturated heterocycles. The van der Waals surface area contributed by atoms with Crippen LogP contribution in [-0.4, -0.2) is 47.1 Å². The summed E-state index contributed by atoms with van der Waals surface area (Å²) in [4.78, 5) is 0.207. The van der Waals surface area contributed by atoms with E-state index in [2.05, 4.69) is 10.8 Å². The number of aryl methyl sites for hydroxylation is 2. The van der Waals surface area contributed by atoms with Crippen LogP contribution in [0.1, 0.15) is 12.4 Å². The van der Waals surface area contributed by atoms with Gasteiger partial charge in [0.25, 0.3) is 0 Å². The predicted octanol–water partition coefficient (Wildman–Crippen LogP) is 1.46. The van der Waals surface area contributed by atoms with E-state index in [1.165, 1.54) is 0 Å². The Balaban J connectivity index is 0.00000242. The van der Waals surface area contributed by atoms with Crippen molar-refractivity contribution in [3.63, 3.8) is 0 Å². The number of hydrogen-bond donors (Lipinski definition) is 1. The van der Waals surface area contributed by atoms with Crippen molar-refractivity contribution >= 4 is 31.6 Å². The largest absolute Gasteiger partial charge is 0.330 e. The lowest BCUT2D eigenvalue weighted by molar-refractivity contribution is -0.869. The van der Waals surface area contributed by atoms with E-state index in [0.29, 0.717) is 11.0 Å². The van der Waals surface area contributed by atoms with Crippen LogP contribution < -0.4 is 9.29 Å². The van der Waals surface area contributed by atoms with Crippen LogP contribution in [-0.2, 0) is 17.1 Å². The summed E-state index contributed by atoms with van der Waals surface area (Å²) < 4.78 is 31.0. The summed E-state index contributed by atoms with van der Waals surface area (Å²) in [5.74, 6) is 0. The summed E-state index contributed by atoms with van der Waals surface area (Å²) in [6.45, 7) is 3.15. The number of sulfonamides is 1. The highest BCUT2D eigenvalue weighted by Crippen LogP contribution is 2.22. The molecule has 2 rings (SSSR count). The monoisotopic (exact) mass is 344 g/mol. The highest BCUT2D eigenvalue weighted by atomic mass is 32.2. The minimum absolute atomic E-state index is 0. The van der Waals surface area contributed by atoms with Crippen LogP contribution in [0, 0.1) is 13.0 Å². The summed E-state index contributed by atoms with van der Waals surface area (Å²) in [6, 6.07) is 6.32. The molecule has 1 aromatic heterocycles. The Bertz CT molecular complexity index is 759. The fourth-order valence-electron chi connectivity index (χ4n) is 1.93. The Kier molecular flexibility index (Phi) is 5.72. The second-order valence-electron chi connectivity index (χ2n) is 6.14. The van der Waals surface area contributed by atoms with E-state index in [1.54, 1.807) is 23.5 Å². The molecule has 5 nitrogen and oxygen atoms in total. The summed E-state index contributed by atoms with van der Waals surface area (Å²) in [5, 5.41) is 1.13. The van der Waals surface area contributed by atoms with Crippen LogP contribution in [0.4, 0.5) is 0 Å². The molecule has 0 bridgehead atoms. The Morgan fingerprint density at radius 1 is 1.36 bits per heavy atom. The van der Waals surface area contributed by atoms with Crippen LogP contribution in [0.2, 0.25) is 0 Å². The van der Waals surface area contributed by atoms with Gasteiger partial charge in [-0.15, -0.1) is 12.1 Å². The summed E-state index contributed by atoms with van der Waals surface area (Å²) in [7, 11) is 4.56. The first-order chi connectivity index (χ1) is 9.60. The van der Waals surface area contributed by atoms with Crippen molar-refractivity contribution in [1.82, 2.24) is 4.72 Å². The van der Waals surface area contributed by atoms with Crippen molar-refractivity contribution in [3.8, 4) is 0 Å². The van der Waals surface area contributed by atoms with E-state index in [4.69, 9.17) is 0 Å². The summed E-state index contributed by atoms with van der Waals surface area (Å²) >= 11 is 1.58. The lowest BCUT2D eigenvalue weighted by Crippen LogP contribution is -2.41. The Hall–Kier alpha value is -1.02. The van der Waals surface area contributed by atoms with Gasteiger partial charge in [0, 0.05) is 6.92 Å². The number of nitrogens with zero attached hydrogens (tertiary/aromatic N) is 2. The van der Waals surface area contributed by atoms with Crippen molar-refractivity contribution < 1.29 is 17.5 Å². The second-order valence-corrected chi connectivity index (χ2v) is 9.11. The molecule has 0 aliphatic heterocycles. The van der Waals surface area contributed by atoms with Gasteiger partial charge in [-0.1, -0.05) is 18.8 Å². The third-order valence-electron chi connectivity index (χ3n) is 3.32. The van der Waals surface area contributed by atoms with Gasteiger partial charge in [-0.05, 0) is 9.60 Å². The number of benzene rings is 1. The van der Waals surface area contributed by atoms with E-state index < -0.39 is 10.0 Å². The van der Waals surface area contributed by atoms with E-state index in [9.17, 15) is 8.42 Å². The molecule has 7 heteroatoms. The SMILES string of the molecule is C.Cc1sc2cc(S(=O)(=O)NCC[N+](C)(C)C)[c-]cc2[n+]1C. The average molecular weight is 345 g/mol. The topological polar surface area (TPSA) is 50.1 Å². The average Bonchev–Trinajstić information content (AvgIpc) is 2.63. The fraction of sp³-hybridized carbons (Fsp3) is 0.533. The highest BCUT2D eigenvalue weighted by molar-refractivity contribution is 7.89. The zero-order chi connectivity index (χ0) is 15.8. The van der Waals surface area contributed by atoms with Gasteiger partial charge in [0.1, 0.15) is 12.6 Å². The minimum Gasteiger partial charge on any atom is -0.330 e. The number of quaternary nitrogens is 1. The van der Waals surface area contributed by atoms with Gasteiger partial charge in [-0.2, -0.15) is 6.07 Å². The Labute approximate surface area is 137 Å². The number of nitrogens with one attached hydrogen (secondary N) is 1. The Morgan fingerprint density at radius 2 is 2.00 bits per heavy atom. The third-order valence-corrected chi connectivity index (χ3v) is 5.84. The van der Waals surface area contributed by atoms with Gasteiger partial charge in [0.05, 0.1) is 34.2 Å². The number of thiazole rings is 1. The normalized spacial score (nSPS) is 12.4. The molecule has 0 aliphatic carbocycles. The zero-order valence-corrected chi connectivity index (χ0v) is 14.7. The molecule has 1 heterocycles. The van der Waals surface area contributed by atoms with Crippen LogP contribution in [0.5, 0.6) is 0 Å². The molecule has 22 heavy (non-hydrogen) atoms. The fourth-order valence-corrected chi connectivity index (χ4v) is 4.04. The zero-order valence-electron chi connectivity index (χ0n) is 13.1. The number of fused-ring (bicyclic) bond motifs is 1. The van der Waals surface area contributed by atoms with Crippen molar-refractivity contribution in [2.45, 2.75) is 19.2 Å². The first kappa shape index (κ1) is 19.0. The standard InChI is InChI=1S/C14H22N3O2S2.CH4/c1-11-16(2)13-7-6-12(10-14(13)20-11)21(18,19)15-8-9-17(3,4)5;/h7,10,15H,8-9H2,1-5H3;1H4/q+1;. The summed E-state index contributed by atoms with van der Waals surface area (Å²) in [6.07, 6.45) is 0. The van der Waals surface area contributed by atoms with Crippen LogP contribution in [0.3, 0.4) is 0 Å². The van der Waals surface area contributed by atoms with Gasteiger partial charge in [0.2, 0.25) is 15.0 Å². The molecule has 124 valence electrons. The molecule has 0 aliphatic rings. The molecule has 0 unspecified atom stereocenters. The molecule has 0 amide bonds. The first-order valence-corrected chi connectivity index (χ1v) is 9.01. The molecule has 0 radical (unpaired) electrons. The number of hydrogen-bond acceptors (Lipinski definition) is 3. The molecule has 0 saturated carbocycles. The second kappa shape index (κ2) is 6.62. The van der Waals surface area contributed by atoms with Crippen LogP contribution in [0.25, 0.3) is 10.2 Å². The maximum Gasteiger partial charge on any atom is 0.221 e.